The van der Waals surface area contributed by atoms with E-state index in [0.717, 1.165) is 29.5 Å². The number of carboxylic acids is 1. The lowest BCUT2D eigenvalue weighted by Crippen LogP contribution is -2.33. The van der Waals surface area contributed by atoms with E-state index in [-0.39, 0.29) is 0 Å². The van der Waals surface area contributed by atoms with Gasteiger partial charge in [0, 0.05) is 5.56 Å². The zero-order valence-electron chi connectivity index (χ0n) is 11.2. The van der Waals surface area contributed by atoms with E-state index in [0.29, 0.717) is 18.6 Å². The minimum Gasteiger partial charge on any atom is -0.496 e. The second-order valence-corrected chi connectivity index (χ2v) is 5.23. The number of rotatable bonds is 3. The molecular formula is C15H20O3. The summed E-state index contributed by atoms with van der Waals surface area (Å²) >= 11 is 0. The molecule has 1 aromatic carbocycles. The van der Waals surface area contributed by atoms with Crippen molar-refractivity contribution in [1.82, 2.24) is 0 Å². The van der Waals surface area contributed by atoms with Gasteiger partial charge in [0.2, 0.25) is 0 Å². The Labute approximate surface area is 108 Å². The number of aryl methyl sites for hydroxylation is 2. The van der Waals surface area contributed by atoms with Crippen LogP contribution in [0.5, 0.6) is 5.75 Å². The van der Waals surface area contributed by atoms with Crippen LogP contribution in [0.25, 0.3) is 0 Å². The van der Waals surface area contributed by atoms with E-state index in [1.807, 2.05) is 26.0 Å². The number of ether oxygens (including phenoxy) is 1. The lowest BCUT2D eigenvalue weighted by molar-refractivity contribution is -0.143. The van der Waals surface area contributed by atoms with E-state index < -0.39 is 11.4 Å². The van der Waals surface area contributed by atoms with Crippen molar-refractivity contribution in [2.75, 3.05) is 7.11 Å². The molecule has 18 heavy (non-hydrogen) atoms. The summed E-state index contributed by atoms with van der Waals surface area (Å²) in [6, 6.07) is 3.95. The highest BCUT2D eigenvalue weighted by Gasteiger charge is 2.44. The molecule has 0 aliphatic heterocycles. The Morgan fingerprint density at radius 3 is 2.28 bits per heavy atom. The Bertz CT molecular complexity index is 471. The zero-order chi connectivity index (χ0) is 13.3. The Balaban J connectivity index is 2.61. The van der Waals surface area contributed by atoms with Crippen molar-refractivity contribution in [2.24, 2.45) is 0 Å². The van der Waals surface area contributed by atoms with Crippen molar-refractivity contribution < 1.29 is 14.6 Å². The van der Waals surface area contributed by atoms with E-state index in [2.05, 4.69) is 0 Å². The van der Waals surface area contributed by atoms with Crippen LogP contribution >= 0.6 is 0 Å². The van der Waals surface area contributed by atoms with Crippen molar-refractivity contribution in [1.29, 1.82) is 0 Å². The molecule has 0 saturated heterocycles. The highest BCUT2D eigenvalue weighted by molar-refractivity contribution is 5.83. The lowest BCUT2D eigenvalue weighted by atomic mass is 9.77. The average molecular weight is 248 g/mol. The highest BCUT2D eigenvalue weighted by atomic mass is 16.5. The summed E-state index contributed by atoms with van der Waals surface area (Å²) in [5, 5.41) is 9.64. The average Bonchev–Trinajstić information content (AvgIpc) is 2.82. The van der Waals surface area contributed by atoms with Crippen LogP contribution in [-0.4, -0.2) is 18.2 Å². The molecule has 0 heterocycles. The van der Waals surface area contributed by atoms with Crippen molar-refractivity contribution in [3.8, 4) is 5.75 Å². The van der Waals surface area contributed by atoms with Crippen LogP contribution in [0.2, 0.25) is 0 Å². The molecule has 1 saturated carbocycles. The van der Waals surface area contributed by atoms with Gasteiger partial charge in [-0.25, -0.2) is 0 Å². The molecule has 0 bridgehead atoms. The number of carboxylic acid groups (broad SMARTS) is 1. The van der Waals surface area contributed by atoms with Crippen LogP contribution in [0.3, 0.4) is 0 Å². The molecule has 2 rings (SSSR count). The van der Waals surface area contributed by atoms with Gasteiger partial charge in [-0.3, -0.25) is 4.79 Å². The van der Waals surface area contributed by atoms with Crippen LogP contribution in [0.1, 0.15) is 42.4 Å². The Kier molecular flexibility index (Phi) is 3.33. The first-order valence-corrected chi connectivity index (χ1v) is 6.40. The molecule has 98 valence electrons. The monoisotopic (exact) mass is 248 g/mol. The Morgan fingerprint density at radius 2 is 1.78 bits per heavy atom. The summed E-state index contributed by atoms with van der Waals surface area (Å²) in [7, 11) is 1.61. The SMILES string of the molecule is COc1cc(C)c(C)cc1C1(C(=O)O)CCCC1. The molecule has 0 unspecified atom stereocenters. The number of hydrogen-bond donors (Lipinski definition) is 1. The van der Waals surface area contributed by atoms with Crippen LogP contribution in [0, 0.1) is 13.8 Å². The van der Waals surface area contributed by atoms with Crippen molar-refractivity contribution in [2.45, 2.75) is 44.9 Å². The van der Waals surface area contributed by atoms with Gasteiger partial charge in [-0.15, -0.1) is 0 Å². The first-order valence-electron chi connectivity index (χ1n) is 6.40. The van der Waals surface area contributed by atoms with E-state index in [9.17, 15) is 9.90 Å². The highest BCUT2D eigenvalue weighted by Crippen LogP contribution is 2.45. The predicted molar refractivity (Wildman–Crippen MR) is 70.2 cm³/mol. The third-order valence-electron chi connectivity index (χ3n) is 4.20. The van der Waals surface area contributed by atoms with Gasteiger partial charge in [0.25, 0.3) is 0 Å². The summed E-state index contributed by atoms with van der Waals surface area (Å²) in [5.41, 5.74) is 2.36. The Hall–Kier alpha value is -1.51. The fourth-order valence-corrected chi connectivity index (χ4v) is 2.91. The van der Waals surface area contributed by atoms with E-state index >= 15 is 0 Å². The lowest BCUT2D eigenvalue weighted by Gasteiger charge is -2.27. The number of aliphatic carboxylic acids is 1. The summed E-state index contributed by atoms with van der Waals surface area (Å²) in [6.07, 6.45) is 3.37. The molecule has 0 aromatic heterocycles. The quantitative estimate of drug-likeness (QED) is 0.893. The maximum absolute atomic E-state index is 11.7. The minimum atomic E-state index is -0.746. The van der Waals surface area contributed by atoms with E-state index in [4.69, 9.17) is 4.74 Å². The molecule has 0 amide bonds. The molecule has 1 aliphatic carbocycles. The largest absolute Gasteiger partial charge is 0.496 e. The number of hydrogen-bond acceptors (Lipinski definition) is 2. The third-order valence-corrected chi connectivity index (χ3v) is 4.20. The Morgan fingerprint density at radius 1 is 1.22 bits per heavy atom. The smallest absolute Gasteiger partial charge is 0.314 e. The number of carbonyl (C=O) groups is 1. The maximum Gasteiger partial charge on any atom is 0.314 e. The van der Waals surface area contributed by atoms with Gasteiger partial charge >= 0.3 is 5.97 Å². The molecule has 1 fully saturated rings. The second kappa shape index (κ2) is 4.63. The molecule has 1 aromatic rings. The van der Waals surface area contributed by atoms with Gasteiger partial charge in [0.1, 0.15) is 5.75 Å². The van der Waals surface area contributed by atoms with E-state index in [1.54, 1.807) is 7.11 Å². The molecule has 3 heteroatoms. The van der Waals surface area contributed by atoms with Gasteiger partial charge in [-0.2, -0.15) is 0 Å². The molecular weight excluding hydrogens is 228 g/mol. The fraction of sp³-hybridized carbons (Fsp3) is 0.533. The second-order valence-electron chi connectivity index (χ2n) is 5.23. The van der Waals surface area contributed by atoms with Gasteiger partial charge in [0.15, 0.2) is 0 Å². The maximum atomic E-state index is 11.7. The number of methoxy groups -OCH3 is 1. The van der Waals surface area contributed by atoms with Gasteiger partial charge in [-0.05, 0) is 43.9 Å². The normalized spacial score (nSPS) is 17.7. The summed E-state index contributed by atoms with van der Waals surface area (Å²) in [5.74, 6) is -0.0102. The summed E-state index contributed by atoms with van der Waals surface area (Å²) < 4.78 is 5.41. The van der Waals surface area contributed by atoms with Crippen LogP contribution in [0.15, 0.2) is 12.1 Å². The summed E-state index contributed by atoms with van der Waals surface area (Å²) in [4.78, 5) is 11.7. The third kappa shape index (κ3) is 1.88. The zero-order valence-corrected chi connectivity index (χ0v) is 11.2. The fourth-order valence-electron chi connectivity index (χ4n) is 2.91. The van der Waals surface area contributed by atoms with Crippen molar-refractivity contribution in [3.63, 3.8) is 0 Å². The molecule has 3 nitrogen and oxygen atoms in total. The molecule has 1 aliphatic rings. The van der Waals surface area contributed by atoms with Crippen LogP contribution < -0.4 is 4.74 Å². The first kappa shape index (κ1) is 12.9. The van der Waals surface area contributed by atoms with Gasteiger partial charge in [-0.1, -0.05) is 18.9 Å². The van der Waals surface area contributed by atoms with Crippen molar-refractivity contribution in [3.05, 3.63) is 28.8 Å². The van der Waals surface area contributed by atoms with Crippen molar-refractivity contribution >= 4 is 5.97 Å². The van der Waals surface area contributed by atoms with E-state index in [1.165, 1.54) is 0 Å². The summed E-state index contributed by atoms with van der Waals surface area (Å²) in [6.45, 7) is 4.03. The standard InChI is InChI=1S/C15H20O3/c1-10-8-12(13(18-3)9-11(10)2)15(14(16)17)6-4-5-7-15/h8-9H,4-7H2,1-3H3,(H,16,17). The molecule has 0 radical (unpaired) electrons. The van der Waals surface area contributed by atoms with Crippen LogP contribution in [-0.2, 0) is 10.2 Å². The van der Waals surface area contributed by atoms with Gasteiger partial charge < -0.3 is 9.84 Å². The molecule has 0 atom stereocenters. The number of benzene rings is 1. The first-order chi connectivity index (χ1) is 8.51. The molecule has 0 spiro atoms. The van der Waals surface area contributed by atoms with Crippen LogP contribution in [0.4, 0.5) is 0 Å². The molecule has 1 N–H and O–H groups in total. The topological polar surface area (TPSA) is 46.5 Å². The minimum absolute atomic E-state index is 0.710. The predicted octanol–water partition coefficient (Wildman–Crippen LogP) is 3.21. The van der Waals surface area contributed by atoms with Gasteiger partial charge in [0.05, 0.1) is 12.5 Å².